The van der Waals surface area contributed by atoms with Gasteiger partial charge in [0.1, 0.15) is 0 Å². The zero-order valence-electron chi connectivity index (χ0n) is 8.91. The minimum atomic E-state index is -1.05. The maximum Gasteiger partial charge on any atom is 0.337 e. The van der Waals surface area contributed by atoms with Crippen molar-refractivity contribution in [3.05, 3.63) is 64.3 Å². The number of carbonyl (C=O) groups is 1. The molecule has 0 aliphatic carbocycles. The van der Waals surface area contributed by atoms with E-state index in [1.54, 1.807) is 24.5 Å². The van der Waals surface area contributed by atoms with E-state index in [2.05, 4.69) is 4.98 Å². The van der Waals surface area contributed by atoms with Gasteiger partial charge in [0.2, 0.25) is 0 Å². The molecule has 0 aromatic carbocycles. The molecule has 5 nitrogen and oxygen atoms in total. The van der Waals surface area contributed by atoms with Gasteiger partial charge in [-0.2, -0.15) is 0 Å². The number of pyridine rings is 2. The lowest BCUT2D eigenvalue weighted by molar-refractivity contribution is 0.0696. The second-order valence-corrected chi connectivity index (χ2v) is 3.54. The third-order valence-corrected chi connectivity index (χ3v) is 2.33. The van der Waals surface area contributed by atoms with Gasteiger partial charge in [-0.3, -0.25) is 9.78 Å². The quantitative estimate of drug-likeness (QED) is 0.853. The summed E-state index contributed by atoms with van der Waals surface area (Å²) in [5.74, 6) is -1.05. The molecule has 0 spiro atoms. The molecule has 2 rings (SSSR count). The predicted octanol–water partition coefficient (Wildman–Crippen LogP) is 0.990. The lowest BCUT2D eigenvalue weighted by Gasteiger charge is -2.06. The van der Waals surface area contributed by atoms with E-state index in [0.29, 0.717) is 6.54 Å². The number of hydrogen-bond donors (Lipinski definition) is 1. The molecule has 2 aromatic rings. The van der Waals surface area contributed by atoms with Crippen LogP contribution in [-0.4, -0.2) is 20.6 Å². The van der Waals surface area contributed by atoms with Gasteiger partial charge in [-0.05, 0) is 23.8 Å². The fraction of sp³-hybridized carbons (Fsp3) is 0.0833. The van der Waals surface area contributed by atoms with E-state index < -0.39 is 5.97 Å². The summed E-state index contributed by atoms with van der Waals surface area (Å²) >= 11 is 0. The van der Waals surface area contributed by atoms with Crippen molar-refractivity contribution in [3.8, 4) is 0 Å². The third kappa shape index (κ3) is 2.57. The van der Waals surface area contributed by atoms with Crippen LogP contribution in [0.1, 0.15) is 15.9 Å². The van der Waals surface area contributed by atoms with Crippen LogP contribution in [0.25, 0.3) is 0 Å². The third-order valence-electron chi connectivity index (χ3n) is 2.33. The molecule has 2 aromatic heterocycles. The average molecular weight is 230 g/mol. The molecule has 0 aliphatic heterocycles. The minimum absolute atomic E-state index is 0.0960. The zero-order valence-corrected chi connectivity index (χ0v) is 8.91. The van der Waals surface area contributed by atoms with E-state index in [1.807, 2.05) is 0 Å². The number of hydrogen-bond acceptors (Lipinski definition) is 3. The molecule has 17 heavy (non-hydrogen) atoms. The van der Waals surface area contributed by atoms with Crippen molar-refractivity contribution in [1.82, 2.24) is 9.55 Å². The van der Waals surface area contributed by atoms with Crippen LogP contribution in [0.5, 0.6) is 0 Å². The minimum Gasteiger partial charge on any atom is -0.478 e. The van der Waals surface area contributed by atoms with E-state index in [0.717, 1.165) is 5.56 Å². The monoisotopic (exact) mass is 230 g/mol. The van der Waals surface area contributed by atoms with Gasteiger partial charge >= 0.3 is 5.97 Å². The van der Waals surface area contributed by atoms with Gasteiger partial charge in [-0.15, -0.1) is 0 Å². The summed E-state index contributed by atoms with van der Waals surface area (Å²) in [6, 6.07) is 6.11. The summed E-state index contributed by atoms with van der Waals surface area (Å²) < 4.78 is 1.36. The van der Waals surface area contributed by atoms with E-state index in [1.165, 1.54) is 22.9 Å². The van der Waals surface area contributed by atoms with Crippen molar-refractivity contribution >= 4 is 5.97 Å². The predicted molar refractivity (Wildman–Crippen MR) is 61.0 cm³/mol. The fourth-order valence-corrected chi connectivity index (χ4v) is 1.47. The fourth-order valence-electron chi connectivity index (χ4n) is 1.47. The van der Waals surface area contributed by atoms with Gasteiger partial charge < -0.3 is 9.67 Å². The molecular weight excluding hydrogens is 220 g/mol. The smallest absolute Gasteiger partial charge is 0.337 e. The Hall–Kier alpha value is -2.43. The number of rotatable bonds is 3. The highest BCUT2D eigenvalue weighted by atomic mass is 16.4. The summed E-state index contributed by atoms with van der Waals surface area (Å²) in [5.41, 5.74) is 0.759. The molecule has 0 atom stereocenters. The first-order chi connectivity index (χ1) is 8.16. The Kier molecular flexibility index (Phi) is 3.00. The van der Waals surface area contributed by atoms with Crippen LogP contribution in [0.2, 0.25) is 0 Å². The van der Waals surface area contributed by atoms with Crippen molar-refractivity contribution in [2.24, 2.45) is 0 Å². The molecule has 2 heterocycles. The molecule has 0 unspecified atom stereocenters. The first kappa shape index (κ1) is 11.1. The number of nitrogens with zero attached hydrogens (tertiary/aromatic N) is 2. The Morgan fingerprint density at radius 2 is 1.94 bits per heavy atom. The van der Waals surface area contributed by atoms with Gasteiger partial charge in [0.15, 0.2) is 0 Å². The Balaban J connectivity index is 2.36. The molecule has 5 heteroatoms. The Labute approximate surface area is 97.0 Å². The number of carboxylic acids is 1. The highest BCUT2D eigenvalue weighted by molar-refractivity contribution is 5.87. The number of aromatic nitrogens is 2. The Bertz CT molecular complexity index is 590. The topological polar surface area (TPSA) is 72.2 Å². The molecule has 0 saturated carbocycles. The van der Waals surface area contributed by atoms with Crippen LogP contribution in [0, 0.1) is 0 Å². The van der Waals surface area contributed by atoms with Gasteiger partial charge in [0.25, 0.3) is 5.56 Å². The summed E-state index contributed by atoms with van der Waals surface area (Å²) in [7, 11) is 0. The van der Waals surface area contributed by atoms with Crippen LogP contribution in [0.15, 0.2) is 47.7 Å². The van der Waals surface area contributed by atoms with E-state index >= 15 is 0 Å². The Morgan fingerprint density at radius 1 is 1.24 bits per heavy atom. The van der Waals surface area contributed by atoms with Crippen molar-refractivity contribution in [2.45, 2.75) is 6.54 Å². The van der Waals surface area contributed by atoms with Gasteiger partial charge in [-0.1, -0.05) is 0 Å². The maximum atomic E-state index is 11.6. The standard InChI is InChI=1S/C12H10N2O3/c15-11-2-1-10(12(16)17)8-14(11)7-9-3-5-13-6-4-9/h1-6,8H,7H2,(H,16,17). The van der Waals surface area contributed by atoms with Gasteiger partial charge in [-0.25, -0.2) is 4.79 Å². The first-order valence-electron chi connectivity index (χ1n) is 4.99. The van der Waals surface area contributed by atoms with Gasteiger partial charge in [0.05, 0.1) is 12.1 Å². The molecule has 0 fully saturated rings. The van der Waals surface area contributed by atoms with Crippen molar-refractivity contribution < 1.29 is 9.90 Å². The normalized spacial score (nSPS) is 10.1. The Morgan fingerprint density at radius 3 is 2.59 bits per heavy atom. The first-order valence-corrected chi connectivity index (χ1v) is 4.99. The van der Waals surface area contributed by atoms with E-state index in [9.17, 15) is 9.59 Å². The molecule has 1 N–H and O–H groups in total. The zero-order chi connectivity index (χ0) is 12.3. The van der Waals surface area contributed by atoms with Crippen LogP contribution in [-0.2, 0) is 6.54 Å². The summed E-state index contributed by atoms with van der Waals surface area (Å²) in [5, 5.41) is 8.84. The molecule has 0 bridgehead atoms. The van der Waals surface area contributed by atoms with Crippen molar-refractivity contribution in [2.75, 3.05) is 0 Å². The van der Waals surface area contributed by atoms with Crippen LogP contribution >= 0.6 is 0 Å². The van der Waals surface area contributed by atoms with Crippen LogP contribution in [0.4, 0.5) is 0 Å². The highest BCUT2D eigenvalue weighted by Crippen LogP contribution is 2.01. The average Bonchev–Trinajstić information content (AvgIpc) is 2.33. The lowest BCUT2D eigenvalue weighted by atomic mass is 10.2. The molecule has 86 valence electrons. The molecule has 0 amide bonds. The van der Waals surface area contributed by atoms with Gasteiger partial charge in [0, 0.05) is 24.7 Å². The number of carboxylic acid groups (broad SMARTS) is 1. The molecule has 0 saturated heterocycles. The van der Waals surface area contributed by atoms with Crippen LogP contribution in [0.3, 0.4) is 0 Å². The molecule has 0 aliphatic rings. The summed E-state index contributed by atoms with van der Waals surface area (Å²) in [6.45, 7) is 0.336. The van der Waals surface area contributed by atoms with E-state index in [-0.39, 0.29) is 11.1 Å². The van der Waals surface area contributed by atoms with Crippen molar-refractivity contribution in [3.63, 3.8) is 0 Å². The maximum absolute atomic E-state index is 11.6. The van der Waals surface area contributed by atoms with E-state index in [4.69, 9.17) is 5.11 Å². The SMILES string of the molecule is O=C(O)c1ccc(=O)n(Cc2ccncc2)c1. The highest BCUT2D eigenvalue weighted by Gasteiger charge is 2.05. The van der Waals surface area contributed by atoms with Crippen LogP contribution < -0.4 is 5.56 Å². The summed E-state index contributed by atoms with van der Waals surface area (Å²) in [6.07, 6.45) is 4.59. The summed E-state index contributed by atoms with van der Waals surface area (Å²) in [4.78, 5) is 26.2. The largest absolute Gasteiger partial charge is 0.478 e. The molecular formula is C12H10N2O3. The second kappa shape index (κ2) is 4.61. The number of aromatic carboxylic acids is 1. The van der Waals surface area contributed by atoms with Crippen molar-refractivity contribution in [1.29, 1.82) is 0 Å². The second-order valence-electron chi connectivity index (χ2n) is 3.54. The lowest BCUT2D eigenvalue weighted by Crippen LogP contribution is -2.20. The molecule has 0 radical (unpaired) electrons.